The van der Waals surface area contributed by atoms with Gasteiger partial charge in [-0.25, -0.2) is 4.98 Å². The fourth-order valence-corrected chi connectivity index (χ4v) is 3.63. The van der Waals surface area contributed by atoms with Gasteiger partial charge in [0.25, 0.3) is 0 Å². The maximum Gasteiger partial charge on any atom is 0.145 e. The third kappa shape index (κ3) is 3.05. The van der Waals surface area contributed by atoms with E-state index in [4.69, 9.17) is 5.84 Å². The summed E-state index contributed by atoms with van der Waals surface area (Å²) in [5.74, 6) is 5.65. The number of hydrazone groups is 1. The molecule has 23 heavy (non-hydrogen) atoms. The molecule has 5 heteroatoms. The Morgan fingerprint density at radius 2 is 1.78 bits per heavy atom. The van der Waals surface area contributed by atoms with E-state index in [0.29, 0.717) is 0 Å². The maximum atomic E-state index is 5.65. The van der Waals surface area contributed by atoms with Crippen molar-refractivity contribution in [2.24, 2.45) is 10.9 Å². The molecule has 0 aliphatic heterocycles. The molecule has 0 saturated heterocycles. The van der Waals surface area contributed by atoms with Gasteiger partial charge in [-0.3, -0.25) is 0 Å². The molecule has 0 aliphatic rings. The van der Waals surface area contributed by atoms with Gasteiger partial charge in [0.1, 0.15) is 10.7 Å². The van der Waals surface area contributed by atoms with Gasteiger partial charge in [-0.15, -0.1) is 11.3 Å². The lowest BCUT2D eigenvalue weighted by Crippen LogP contribution is -2.21. The quantitative estimate of drug-likeness (QED) is 0.440. The number of thiazole rings is 1. The number of hydrogen-bond acceptors (Lipinski definition) is 5. The Hall–Kier alpha value is -2.40. The lowest BCUT2D eigenvalue weighted by atomic mass is 10.1. The third-order valence-corrected chi connectivity index (χ3v) is 4.94. The summed E-state index contributed by atoms with van der Waals surface area (Å²) < 4.78 is 1.14. The second-order valence-corrected chi connectivity index (χ2v) is 6.21. The van der Waals surface area contributed by atoms with Gasteiger partial charge in [-0.2, -0.15) is 5.10 Å². The van der Waals surface area contributed by atoms with Crippen LogP contribution in [0.3, 0.4) is 0 Å². The highest BCUT2D eigenvalue weighted by atomic mass is 32.1. The van der Waals surface area contributed by atoms with Crippen molar-refractivity contribution in [2.75, 3.05) is 18.0 Å². The molecule has 1 heterocycles. The Kier molecular flexibility index (Phi) is 4.57. The summed E-state index contributed by atoms with van der Waals surface area (Å²) in [5.41, 5.74) is 3.91. The predicted octanol–water partition coefficient (Wildman–Crippen LogP) is 3.85. The molecular weight excluding hydrogens is 304 g/mol. The van der Waals surface area contributed by atoms with E-state index in [0.717, 1.165) is 39.6 Å². The van der Waals surface area contributed by atoms with Crippen molar-refractivity contribution in [1.29, 1.82) is 0 Å². The summed E-state index contributed by atoms with van der Waals surface area (Å²) in [5, 5.41) is 4.84. The van der Waals surface area contributed by atoms with E-state index in [-0.39, 0.29) is 0 Å². The Balaban J connectivity index is 1.95. The van der Waals surface area contributed by atoms with Crippen LogP contribution in [0.15, 0.2) is 53.6 Å². The molecule has 0 aliphatic carbocycles. The standard InChI is InChI=1S/C18H20N4S/c1-3-22(4-2)14-11-9-13(10-12-14)17(21-19)18-20-15-7-5-6-8-16(15)23-18/h5-12H,3-4,19H2,1-2H3/b21-17+. The van der Waals surface area contributed by atoms with Gasteiger partial charge in [-0.1, -0.05) is 24.3 Å². The summed E-state index contributed by atoms with van der Waals surface area (Å²) in [6.45, 7) is 6.30. The van der Waals surface area contributed by atoms with Crippen LogP contribution in [-0.2, 0) is 0 Å². The summed E-state index contributed by atoms with van der Waals surface area (Å²) >= 11 is 1.61. The van der Waals surface area contributed by atoms with E-state index < -0.39 is 0 Å². The van der Waals surface area contributed by atoms with Crippen LogP contribution < -0.4 is 10.7 Å². The van der Waals surface area contributed by atoms with Gasteiger partial charge < -0.3 is 10.7 Å². The normalized spacial score (nSPS) is 11.8. The van der Waals surface area contributed by atoms with Crippen LogP contribution in [0.25, 0.3) is 10.2 Å². The first-order valence-corrected chi connectivity index (χ1v) is 8.57. The lowest BCUT2D eigenvalue weighted by Gasteiger charge is -2.21. The van der Waals surface area contributed by atoms with Gasteiger partial charge in [0.2, 0.25) is 0 Å². The number of benzene rings is 2. The van der Waals surface area contributed by atoms with Crippen molar-refractivity contribution in [3.63, 3.8) is 0 Å². The zero-order valence-corrected chi connectivity index (χ0v) is 14.2. The topological polar surface area (TPSA) is 54.5 Å². The van der Waals surface area contributed by atoms with Gasteiger partial charge >= 0.3 is 0 Å². The minimum absolute atomic E-state index is 0.734. The second kappa shape index (κ2) is 6.79. The van der Waals surface area contributed by atoms with Gasteiger partial charge in [0.05, 0.1) is 10.2 Å². The lowest BCUT2D eigenvalue weighted by molar-refractivity contribution is 0.866. The summed E-state index contributed by atoms with van der Waals surface area (Å²) in [4.78, 5) is 6.95. The number of para-hydroxylation sites is 1. The molecule has 0 radical (unpaired) electrons. The third-order valence-electron chi connectivity index (χ3n) is 3.89. The smallest absolute Gasteiger partial charge is 0.145 e. The van der Waals surface area contributed by atoms with E-state index in [9.17, 15) is 0 Å². The zero-order chi connectivity index (χ0) is 16.2. The van der Waals surface area contributed by atoms with Crippen LogP contribution in [0.2, 0.25) is 0 Å². The maximum absolute atomic E-state index is 5.65. The number of anilines is 1. The molecule has 0 atom stereocenters. The van der Waals surface area contributed by atoms with Crippen molar-refractivity contribution >= 4 is 33.0 Å². The fraction of sp³-hybridized carbons (Fsp3) is 0.222. The van der Waals surface area contributed by atoms with Gasteiger partial charge in [-0.05, 0) is 38.1 Å². The Morgan fingerprint density at radius 3 is 2.39 bits per heavy atom. The zero-order valence-electron chi connectivity index (χ0n) is 13.4. The number of nitrogens with two attached hydrogens (primary N) is 1. The number of fused-ring (bicyclic) bond motifs is 1. The van der Waals surface area contributed by atoms with Crippen molar-refractivity contribution in [3.05, 3.63) is 59.1 Å². The Bertz CT molecular complexity index is 783. The number of hydrogen-bond donors (Lipinski definition) is 1. The molecule has 2 aromatic carbocycles. The van der Waals surface area contributed by atoms with Crippen LogP contribution >= 0.6 is 11.3 Å². The van der Waals surface area contributed by atoms with E-state index in [2.05, 4.69) is 59.2 Å². The van der Waals surface area contributed by atoms with E-state index in [1.54, 1.807) is 11.3 Å². The summed E-state index contributed by atoms with van der Waals surface area (Å²) in [7, 11) is 0. The van der Waals surface area contributed by atoms with E-state index in [1.165, 1.54) is 5.69 Å². The first-order valence-electron chi connectivity index (χ1n) is 7.76. The molecule has 3 rings (SSSR count). The van der Waals surface area contributed by atoms with Gasteiger partial charge in [0.15, 0.2) is 0 Å². The molecule has 0 fully saturated rings. The molecular formula is C18H20N4S. The molecule has 4 nitrogen and oxygen atoms in total. The minimum atomic E-state index is 0.734. The molecule has 1 aromatic heterocycles. The highest BCUT2D eigenvalue weighted by Gasteiger charge is 2.13. The van der Waals surface area contributed by atoms with Crippen LogP contribution in [0.4, 0.5) is 5.69 Å². The Morgan fingerprint density at radius 1 is 1.09 bits per heavy atom. The minimum Gasteiger partial charge on any atom is -0.372 e. The first kappa shape index (κ1) is 15.5. The SMILES string of the molecule is CCN(CC)c1ccc(/C(=N\N)c2nc3ccccc3s2)cc1. The Labute approximate surface area is 140 Å². The molecule has 3 aromatic rings. The number of aromatic nitrogens is 1. The van der Waals surface area contributed by atoms with Crippen molar-refractivity contribution in [1.82, 2.24) is 4.98 Å². The van der Waals surface area contributed by atoms with Crippen LogP contribution in [0.5, 0.6) is 0 Å². The van der Waals surface area contributed by atoms with Crippen LogP contribution in [0.1, 0.15) is 24.4 Å². The predicted molar refractivity (Wildman–Crippen MR) is 99.4 cm³/mol. The average molecular weight is 324 g/mol. The van der Waals surface area contributed by atoms with E-state index >= 15 is 0 Å². The second-order valence-electron chi connectivity index (χ2n) is 5.18. The number of rotatable bonds is 5. The van der Waals surface area contributed by atoms with Crippen molar-refractivity contribution in [3.8, 4) is 0 Å². The van der Waals surface area contributed by atoms with Crippen molar-refractivity contribution < 1.29 is 0 Å². The highest BCUT2D eigenvalue weighted by Crippen LogP contribution is 2.25. The van der Waals surface area contributed by atoms with E-state index in [1.807, 2.05) is 18.2 Å². The van der Waals surface area contributed by atoms with Crippen LogP contribution in [0, 0.1) is 0 Å². The molecule has 0 saturated carbocycles. The average Bonchev–Trinajstić information content (AvgIpc) is 3.01. The highest BCUT2D eigenvalue weighted by molar-refractivity contribution is 7.20. The summed E-state index contributed by atoms with van der Waals surface area (Å²) in [6, 6.07) is 16.4. The molecule has 0 bridgehead atoms. The van der Waals surface area contributed by atoms with Crippen LogP contribution in [-0.4, -0.2) is 23.8 Å². The molecule has 0 amide bonds. The first-order chi connectivity index (χ1) is 11.3. The monoisotopic (exact) mass is 324 g/mol. The number of nitrogens with zero attached hydrogens (tertiary/aromatic N) is 3. The fourth-order valence-electron chi connectivity index (χ4n) is 2.65. The molecule has 0 spiro atoms. The molecule has 0 unspecified atom stereocenters. The summed E-state index contributed by atoms with van der Waals surface area (Å²) in [6.07, 6.45) is 0. The largest absolute Gasteiger partial charge is 0.372 e. The van der Waals surface area contributed by atoms with Gasteiger partial charge in [0, 0.05) is 24.3 Å². The van der Waals surface area contributed by atoms with Crippen molar-refractivity contribution in [2.45, 2.75) is 13.8 Å². The molecule has 2 N–H and O–H groups in total. The molecule has 118 valence electrons.